The van der Waals surface area contributed by atoms with Crippen molar-refractivity contribution < 1.29 is 24.6 Å². The van der Waals surface area contributed by atoms with Crippen LogP contribution in [0.2, 0.25) is 0 Å². The lowest BCUT2D eigenvalue weighted by atomic mass is 9.83. The number of amides is 2. The summed E-state index contributed by atoms with van der Waals surface area (Å²) in [6.07, 6.45) is 4.14. The number of rotatable bonds is 3. The van der Waals surface area contributed by atoms with E-state index in [-0.39, 0.29) is 12.1 Å². The van der Waals surface area contributed by atoms with Gasteiger partial charge in [0.2, 0.25) is 0 Å². The van der Waals surface area contributed by atoms with Crippen LogP contribution in [-0.2, 0) is 16.8 Å². The lowest BCUT2D eigenvalue weighted by Gasteiger charge is -2.29. The zero-order chi connectivity index (χ0) is 24.6. The summed E-state index contributed by atoms with van der Waals surface area (Å²) in [7, 11) is 1.28. The predicted molar refractivity (Wildman–Crippen MR) is 128 cm³/mol. The minimum Gasteiger partial charge on any atom is -0.451 e. The van der Waals surface area contributed by atoms with Crippen molar-refractivity contribution in [2.75, 3.05) is 25.5 Å². The van der Waals surface area contributed by atoms with Crippen molar-refractivity contribution in [1.82, 2.24) is 20.2 Å². The molecule has 1 saturated heterocycles. The van der Waals surface area contributed by atoms with Gasteiger partial charge in [0.05, 0.1) is 36.2 Å². The van der Waals surface area contributed by atoms with Crippen molar-refractivity contribution in [3.8, 4) is 0 Å². The number of nitrogens with zero attached hydrogens (tertiary/aromatic N) is 3. The lowest BCUT2D eigenvalue weighted by molar-refractivity contribution is -0.0933. The number of aromatic nitrogens is 2. The SMILES string of the molecule is COC(=O)n1ncc2c(NC(=O)NC3CCc4c3cccc4C3(O)CCCN(O)CC3)cccc21. The van der Waals surface area contributed by atoms with E-state index >= 15 is 0 Å². The molecule has 2 amide bonds. The molecular formula is C25H29N5O5. The maximum absolute atomic E-state index is 12.9. The normalized spacial score (nSPS) is 22.4. The number of hydroxylamine groups is 2. The van der Waals surface area contributed by atoms with Gasteiger partial charge < -0.3 is 25.7 Å². The number of nitrogens with one attached hydrogen (secondary N) is 2. The second-order valence-electron chi connectivity index (χ2n) is 9.17. The fraction of sp³-hybridized carbons (Fsp3) is 0.400. The Kier molecular flexibility index (Phi) is 6.18. The molecular weight excluding hydrogens is 450 g/mol. The summed E-state index contributed by atoms with van der Waals surface area (Å²) in [6, 6.07) is 10.5. The Hall–Kier alpha value is -3.47. The summed E-state index contributed by atoms with van der Waals surface area (Å²) in [5.74, 6) is 0. The van der Waals surface area contributed by atoms with Gasteiger partial charge in [-0.3, -0.25) is 0 Å². The summed E-state index contributed by atoms with van der Waals surface area (Å²) in [5.41, 5.74) is 3.05. The van der Waals surface area contributed by atoms with E-state index in [1.54, 1.807) is 18.2 Å². The predicted octanol–water partition coefficient (Wildman–Crippen LogP) is 3.52. The second kappa shape index (κ2) is 9.29. The van der Waals surface area contributed by atoms with Crippen LogP contribution < -0.4 is 10.6 Å². The van der Waals surface area contributed by atoms with Crippen LogP contribution in [0.3, 0.4) is 0 Å². The van der Waals surface area contributed by atoms with Crippen LogP contribution in [0.15, 0.2) is 42.6 Å². The summed E-state index contributed by atoms with van der Waals surface area (Å²) in [5, 5.41) is 33.2. The molecule has 2 heterocycles. The number of carbonyl (C=O) groups excluding carboxylic acids is 2. The molecule has 1 aliphatic heterocycles. The topological polar surface area (TPSA) is 129 Å². The third-order valence-electron chi connectivity index (χ3n) is 7.08. The van der Waals surface area contributed by atoms with E-state index in [0.717, 1.165) is 34.2 Å². The van der Waals surface area contributed by atoms with Gasteiger partial charge in [-0.25, -0.2) is 9.59 Å². The third-order valence-corrected chi connectivity index (χ3v) is 7.08. The van der Waals surface area contributed by atoms with Gasteiger partial charge in [0.15, 0.2) is 0 Å². The molecule has 3 aromatic rings. The maximum Gasteiger partial charge on any atom is 0.434 e. The summed E-state index contributed by atoms with van der Waals surface area (Å²) in [6.45, 7) is 0.968. The first-order chi connectivity index (χ1) is 16.9. The van der Waals surface area contributed by atoms with Crippen molar-refractivity contribution in [3.63, 3.8) is 0 Å². The Bertz CT molecular complexity index is 1270. The van der Waals surface area contributed by atoms with Crippen molar-refractivity contribution in [2.24, 2.45) is 0 Å². The molecule has 10 nitrogen and oxygen atoms in total. The molecule has 0 spiro atoms. The number of hydrogen-bond donors (Lipinski definition) is 4. The minimum atomic E-state index is -0.991. The van der Waals surface area contributed by atoms with Crippen molar-refractivity contribution >= 4 is 28.7 Å². The standard InChI is InChI=1S/C25H29N5O5/c1-35-24(32)30-22-8-3-7-20(18(22)15-26-30)27-23(31)28-21-10-9-16-17(21)5-2-6-19(16)25(33)11-4-13-29(34)14-12-25/h2-3,5-8,15,21,33-34H,4,9-14H2,1H3,(H2,27,28,31). The number of ether oxygens (including phenoxy) is 1. The Morgan fingerprint density at radius 1 is 1.17 bits per heavy atom. The van der Waals surface area contributed by atoms with Crippen LogP contribution in [0.5, 0.6) is 0 Å². The fourth-order valence-electron chi connectivity index (χ4n) is 5.32. The molecule has 4 N–H and O–H groups in total. The average Bonchev–Trinajstić information content (AvgIpc) is 3.42. The molecule has 0 bridgehead atoms. The number of fused-ring (bicyclic) bond motifs is 2. The van der Waals surface area contributed by atoms with Crippen LogP contribution in [0.4, 0.5) is 15.3 Å². The third kappa shape index (κ3) is 4.36. The van der Waals surface area contributed by atoms with Gasteiger partial charge in [-0.1, -0.05) is 24.3 Å². The first kappa shape index (κ1) is 23.3. The van der Waals surface area contributed by atoms with Crippen LogP contribution >= 0.6 is 0 Å². The molecule has 35 heavy (non-hydrogen) atoms. The first-order valence-corrected chi connectivity index (χ1v) is 11.8. The van der Waals surface area contributed by atoms with Gasteiger partial charge in [-0.05, 0) is 60.9 Å². The van der Waals surface area contributed by atoms with E-state index in [2.05, 4.69) is 15.7 Å². The van der Waals surface area contributed by atoms with Crippen molar-refractivity contribution in [3.05, 3.63) is 59.3 Å². The lowest BCUT2D eigenvalue weighted by Crippen LogP contribution is -2.32. The molecule has 2 aliphatic rings. The number of hydrogen-bond acceptors (Lipinski definition) is 7. The number of urea groups is 1. The van der Waals surface area contributed by atoms with Crippen LogP contribution in [0.1, 0.15) is 48.4 Å². The number of carbonyl (C=O) groups is 2. The van der Waals surface area contributed by atoms with Crippen molar-refractivity contribution in [2.45, 2.75) is 43.7 Å². The zero-order valence-electron chi connectivity index (χ0n) is 19.5. The van der Waals surface area contributed by atoms with Gasteiger partial charge in [-0.2, -0.15) is 14.8 Å². The monoisotopic (exact) mass is 479 g/mol. The molecule has 1 aromatic heterocycles. The van der Waals surface area contributed by atoms with E-state index in [4.69, 9.17) is 4.74 Å². The van der Waals surface area contributed by atoms with Gasteiger partial charge >= 0.3 is 12.1 Å². The van der Waals surface area contributed by atoms with Gasteiger partial charge in [-0.15, -0.1) is 0 Å². The first-order valence-electron chi connectivity index (χ1n) is 11.8. The molecule has 5 rings (SSSR count). The van der Waals surface area contributed by atoms with E-state index in [0.29, 0.717) is 48.9 Å². The van der Waals surface area contributed by atoms with Gasteiger partial charge in [0.25, 0.3) is 0 Å². The van der Waals surface area contributed by atoms with E-state index in [1.807, 2.05) is 18.2 Å². The molecule has 2 unspecified atom stereocenters. The number of benzene rings is 2. The summed E-state index contributed by atoms with van der Waals surface area (Å²) >= 11 is 0. The number of anilines is 1. The molecule has 10 heteroatoms. The highest BCUT2D eigenvalue weighted by Crippen LogP contribution is 2.41. The largest absolute Gasteiger partial charge is 0.451 e. The minimum absolute atomic E-state index is 0.189. The van der Waals surface area contributed by atoms with Crippen LogP contribution in [0.25, 0.3) is 10.9 Å². The highest BCUT2D eigenvalue weighted by molar-refractivity contribution is 6.02. The Morgan fingerprint density at radius 2 is 2.00 bits per heavy atom. The second-order valence-corrected chi connectivity index (χ2v) is 9.17. The van der Waals surface area contributed by atoms with Gasteiger partial charge in [0.1, 0.15) is 0 Å². The smallest absolute Gasteiger partial charge is 0.434 e. The quantitative estimate of drug-likeness (QED) is 0.452. The van der Waals surface area contributed by atoms with Gasteiger partial charge in [0, 0.05) is 18.5 Å². The van der Waals surface area contributed by atoms with Crippen molar-refractivity contribution in [1.29, 1.82) is 0 Å². The van der Waals surface area contributed by atoms with E-state index in [1.165, 1.54) is 18.4 Å². The number of aliphatic hydroxyl groups is 1. The molecule has 2 atom stereocenters. The molecule has 1 aliphatic carbocycles. The van der Waals surface area contributed by atoms with E-state index < -0.39 is 11.7 Å². The van der Waals surface area contributed by atoms with Crippen LogP contribution in [-0.4, -0.2) is 57.5 Å². The number of methoxy groups -OCH3 is 1. The Labute approximate surface area is 202 Å². The molecule has 0 radical (unpaired) electrons. The molecule has 2 aromatic carbocycles. The van der Waals surface area contributed by atoms with Crippen LogP contribution in [0, 0.1) is 0 Å². The Balaban J connectivity index is 1.34. The highest BCUT2D eigenvalue weighted by Gasteiger charge is 2.37. The van der Waals surface area contributed by atoms with E-state index in [9.17, 15) is 19.9 Å². The molecule has 1 fully saturated rings. The molecule has 184 valence electrons. The zero-order valence-corrected chi connectivity index (χ0v) is 19.5. The molecule has 0 saturated carbocycles. The fourth-order valence-corrected chi connectivity index (χ4v) is 5.32. The highest BCUT2D eigenvalue weighted by atomic mass is 16.5. The summed E-state index contributed by atoms with van der Waals surface area (Å²) in [4.78, 5) is 24.8. The summed E-state index contributed by atoms with van der Waals surface area (Å²) < 4.78 is 5.89. The average molecular weight is 480 g/mol. The Morgan fingerprint density at radius 3 is 2.83 bits per heavy atom. The maximum atomic E-state index is 12.9.